The molecule has 0 aromatic heterocycles. The van der Waals surface area contributed by atoms with Crippen LogP contribution in [0.2, 0.25) is 10.0 Å². The van der Waals surface area contributed by atoms with Crippen molar-refractivity contribution in [2.75, 3.05) is 7.05 Å². The molecule has 3 rings (SSSR count). The Morgan fingerprint density at radius 2 is 1.83 bits per heavy atom. The van der Waals surface area contributed by atoms with Gasteiger partial charge in [0, 0.05) is 31.3 Å². The normalized spacial score (nSPS) is 26.9. The summed E-state index contributed by atoms with van der Waals surface area (Å²) in [6, 6.07) is 5.44. The summed E-state index contributed by atoms with van der Waals surface area (Å²) in [5.74, 6) is 0.730. The van der Waals surface area contributed by atoms with Crippen LogP contribution in [0.1, 0.15) is 37.7 Å². The number of benzene rings is 1. The molecular weight excluding hydrogens is 333 g/mol. The van der Waals surface area contributed by atoms with Crippen molar-refractivity contribution in [3.8, 4) is 0 Å². The number of Topliss-reactive ketones (excluding diaryl/α,β-unsaturated/α-hetero) is 1. The molecule has 5 heteroatoms. The van der Waals surface area contributed by atoms with Crippen molar-refractivity contribution < 1.29 is 9.59 Å². The Bertz CT molecular complexity index is 615. The van der Waals surface area contributed by atoms with Gasteiger partial charge >= 0.3 is 0 Å². The molecule has 2 fully saturated rings. The van der Waals surface area contributed by atoms with Crippen molar-refractivity contribution in [1.29, 1.82) is 0 Å². The molecular formula is C18H21Cl2NO2. The SMILES string of the molecule is CN(Cc1ccc(Cl)c(Cl)c1)C(=O)C1CC2CCCC(C1)C2=O. The Kier molecular flexibility index (Phi) is 4.98. The van der Waals surface area contributed by atoms with E-state index in [0.29, 0.717) is 22.4 Å². The van der Waals surface area contributed by atoms with Gasteiger partial charge in [-0.1, -0.05) is 35.7 Å². The first kappa shape index (κ1) is 16.8. The molecule has 2 unspecified atom stereocenters. The molecule has 0 saturated heterocycles. The Labute approximate surface area is 146 Å². The molecule has 0 N–H and O–H groups in total. The number of hydrogen-bond donors (Lipinski definition) is 0. The number of carbonyl (C=O) groups excluding carboxylic acids is 2. The maximum atomic E-state index is 12.7. The lowest BCUT2D eigenvalue weighted by molar-refractivity contribution is -0.142. The van der Waals surface area contributed by atoms with Crippen LogP contribution in [0.15, 0.2) is 18.2 Å². The van der Waals surface area contributed by atoms with E-state index in [1.54, 1.807) is 17.0 Å². The Morgan fingerprint density at radius 3 is 2.43 bits per heavy atom. The van der Waals surface area contributed by atoms with Gasteiger partial charge in [-0.3, -0.25) is 9.59 Å². The van der Waals surface area contributed by atoms with E-state index in [-0.39, 0.29) is 23.7 Å². The van der Waals surface area contributed by atoms with E-state index in [1.165, 1.54) is 0 Å². The van der Waals surface area contributed by atoms with Gasteiger partial charge in [-0.2, -0.15) is 0 Å². The molecule has 3 nitrogen and oxygen atoms in total. The second-order valence-electron chi connectivity index (χ2n) is 6.84. The van der Waals surface area contributed by atoms with Crippen LogP contribution in [0.3, 0.4) is 0 Å². The van der Waals surface area contributed by atoms with Gasteiger partial charge in [0.2, 0.25) is 5.91 Å². The van der Waals surface area contributed by atoms with E-state index in [2.05, 4.69) is 0 Å². The molecule has 0 radical (unpaired) electrons. The summed E-state index contributed by atoms with van der Waals surface area (Å²) in [5.41, 5.74) is 0.960. The third-order valence-corrected chi connectivity index (χ3v) is 5.92. The number of carbonyl (C=O) groups is 2. The summed E-state index contributed by atoms with van der Waals surface area (Å²) in [6.45, 7) is 0.509. The maximum Gasteiger partial charge on any atom is 0.225 e. The van der Waals surface area contributed by atoms with Gasteiger partial charge in [0.05, 0.1) is 10.0 Å². The molecule has 2 aliphatic rings. The van der Waals surface area contributed by atoms with Crippen molar-refractivity contribution in [3.05, 3.63) is 33.8 Å². The first-order valence-corrected chi connectivity index (χ1v) is 8.94. The van der Waals surface area contributed by atoms with Crippen LogP contribution in [0.4, 0.5) is 0 Å². The fourth-order valence-electron chi connectivity index (χ4n) is 3.98. The zero-order chi connectivity index (χ0) is 16.6. The van der Waals surface area contributed by atoms with Crippen LogP contribution in [0.5, 0.6) is 0 Å². The largest absolute Gasteiger partial charge is 0.341 e. The second kappa shape index (κ2) is 6.82. The number of hydrogen-bond acceptors (Lipinski definition) is 2. The lowest BCUT2D eigenvalue weighted by Crippen LogP contribution is -2.43. The predicted octanol–water partition coefficient (Wildman–Crippen LogP) is 4.35. The average Bonchev–Trinajstić information content (AvgIpc) is 2.50. The number of halogens is 2. The summed E-state index contributed by atoms with van der Waals surface area (Å²) in [5, 5.41) is 1.02. The molecule has 1 aromatic carbocycles. The first-order valence-electron chi connectivity index (χ1n) is 8.18. The number of nitrogens with zero attached hydrogens (tertiary/aromatic N) is 1. The van der Waals surface area contributed by atoms with Crippen LogP contribution < -0.4 is 0 Å². The summed E-state index contributed by atoms with van der Waals surface area (Å²) < 4.78 is 0. The molecule has 2 atom stereocenters. The molecule has 0 aliphatic heterocycles. The first-order chi connectivity index (χ1) is 11.0. The second-order valence-corrected chi connectivity index (χ2v) is 7.65. The molecule has 0 spiro atoms. The summed E-state index contributed by atoms with van der Waals surface area (Å²) in [7, 11) is 1.82. The molecule has 1 aromatic rings. The topological polar surface area (TPSA) is 37.4 Å². The highest BCUT2D eigenvalue weighted by atomic mass is 35.5. The molecule has 2 aliphatic carbocycles. The Morgan fingerprint density at radius 1 is 1.17 bits per heavy atom. The Hall–Kier alpha value is -1.06. The van der Waals surface area contributed by atoms with Crippen molar-refractivity contribution in [2.24, 2.45) is 17.8 Å². The third kappa shape index (κ3) is 3.56. The highest BCUT2D eigenvalue weighted by molar-refractivity contribution is 6.42. The summed E-state index contributed by atoms with van der Waals surface area (Å²) in [4.78, 5) is 26.6. The number of fused-ring (bicyclic) bond motifs is 2. The number of amides is 1. The van der Waals surface area contributed by atoms with Crippen molar-refractivity contribution >= 4 is 34.9 Å². The average molecular weight is 354 g/mol. The lowest BCUT2D eigenvalue weighted by Gasteiger charge is -2.38. The molecule has 1 amide bonds. The minimum Gasteiger partial charge on any atom is -0.341 e. The molecule has 23 heavy (non-hydrogen) atoms. The van der Waals surface area contributed by atoms with E-state index in [4.69, 9.17) is 23.2 Å². The van der Waals surface area contributed by atoms with Gasteiger partial charge in [0.1, 0.15) is 5.78 Å². The minimum absolute atomic E-state index is 0.0178. The van der Waals surface area contributed by atoms with E-state index in [1.807, 2.05) is 13.1 Å². The quantitative estimate of drug-likeness (QED) is 0.809. The zero-order valence-corrected chi connectivity index (χ0v) is 14.7. The monoisotopic (exact) mass is 353 g/mol. The fourth-order valence-corrected chi connectivity index (χ4v) is 4.30. The third-order valence-electron chi connectivity index (χ3n) is 5.18. The van der Waals surface area contributed by atoms with Gasteiger partial charge < -0.3 is 4.90 Å². The van der Waals surface area contributed by atoms with Crippen LogP contribution in [0, 0.1) is 17.8 Å². The van der Waals surface area contributed by atoms with Crippen LogP contribution in [0.25, 0.3) is 0 Å². The van der Waals surface area contributed by atoms with Crippen LogP contribution in [-0.4, -0.2) is 23.6 Å². The molecule has 124 valence electrons. The number of rotatable bonds is 3. The predicted molar refractivity (Wildman–Crippen MR) is 91.5 cm³/mol. The zero-order valence-electron chi connectivity index (χ0n) is 13.2. The smallest absolute Gasteiger partial charge is 0.225 e. The minimum atomic E-state index is -0.0178. The van der Waals surface area contributed by atoms with Crippen molar-refractivity contribution in [2.45, 2.75) is 38.6 Å². The van der Waals surface area contributed by atoms with E-state index < -0.39 is 0 Å². The molecule has 0 heterocycles. The summed E-state index contributed by atoms with van der Waals surface area (Å²) >= 11 is 12.0. The maximum absolute atomic E-state index is 12.7. The van der Waals surface area contributed by atoms with Crippen LogP contribution >= 0.6 is 23.2 Å². The van der Waals surface area contributed by atoms with Crippen molar-refractivity contribution in [1.82, 2.24) is 4.90 Å². The molecule has 2 saturated carbocycles. The van der Waals surface area contributed by atoms with Crippen molar-refractivity contribution in [3.63, 3.8) is 0 Å². The van der Waals surface area contributed by atoms with Gasteiger partial charge in [0.25, 0.3) is 0 Å². The molecule has 2 bridgehead atoms. The standard InChI is InChI=1S/C18H21Cl2NO2/c1-21(10-11-5-6-15(19)16(20)7-11)18(23)14-8-12-3-2-4-13(9-14)17(12)22/h5-7,12-14H,2-4,8-10H2,1H3. The van der Waals surface area contributed by atoms with Gasteiger partial charge in [-0.05, 0) is 43.4 Å². The van der Waals surface area contributed by atoms with E-state index in [0.717, 1.165) is 37.7 Å². The van der Waals surface area contributed by atoms with Gasteiger partial charge in [0.15, 0.2) is 0 Å². The van der Waals surface area contributed by atoms with E-state index in [9.17, 15) is 9.59 Å². The lowest BCUT2D eigenvalue weighted by atomic mass is 9.67. The highest BCUT2D eigenvalue weighted by Gasteiger charge is 2.41. The number of ketones is 1. The van der Waals surface area contributed by atoms with Gasteiger partial charge in [-0.25, -0.2) is 0 Å². The highest BCUT2D eigenvalue weighted by Crippen LogP contribution is 2.40. The van der Waals surface area contributed by atoms with E-state index >= 15 is 0 Å². The Balaban J connectivity index is 1.65. The fraction of sp³-hybridized carbons (Fsp3) is 0.556. The van der Waals surface area contributed by atoms with Crippen LogP contribution in [-0.2, 0) is 16.1 Å². The van der Waals surface area contributed by atoms with Gasteiger partial charge in [-0.15, -0.1) is 0 Å². The summed E-state index contributed by atoms with van der Waals surface area (Å²) in [6.07, 6.45) is 4.48.